The second kappa shape index (κ2) is 6.52. The van der Waals surface area contributed by atoms with Crippen LogP contribution in [0.4, 0.5) is 19.0 Å². The first kappa shape index (κ1) is 17.8. The highest BCUT2D eigenvalue weighted by molar-refractivity contribution is 5.69. The molecule has 0 unspecified atom stereocenters. The van der Waals surface area contributed by atoms with Gasteiger partial charge < -0.3 is 10.5 Å². The minimum Gasteiger partial charge on any atom is -0.481 e. The van der Waals surface area contributed by atoms with Crippen LogP contribution in [0.1, 0.15) is 5.56 Å². The van der Waals surface area contributed by atoms with Crippen LogP contribution in [0.5, 0.6) is 5.88 Å². The molecule has 0 amide bonds. The first-order valence-electron chi connectivity index (χ1n) is 8.17. The number of alkyl halides is 3. The number of methoxy groups -OCH3 is 1. The van der Waals surface area contributed by atoms with Crippen molar-refractivity contribution in [2.75, 3.05) is 12.8 Å². The number of nitrogen functional groups attached to an aromatic ring is 1. The van der Waals surface area contributed by atoms with Crippen LogP contribution in [-0.4, -0.2) is 26.5 Å². The van der Waals surface area contributed by atoms with E-state index in [1.807, 2.05) is 12.1 Å². The van der Waals surface area contributed by atoms with Gasteiger partial charge in [0.1, 0.15) is 11.5 Å². The van der Waals surface area contributed by atoms with Crippen LogP contribution in [-0.2, 0) is 6.18 Å². The van der Waals surface area contributed by atoms with E-state index < -0.39 is 17.6 Å². The van der Waals surface area contributed by atoms with Crippen molar-refractivity contribution in [3.05, 3.63) is 60.7 Å². The van der Waals surface area contributed by atoms with Crippen molar-refractivity contribution in [3.8, 4) is 28.3 Å². The molecule has 6 nitrogen and oxygen atoms in total. The molecule has 142 valence electrons. The standard InChI is InChI=1S/C19H14F3N5O/c1-28-17-5-3-11(7-25-17)12-2-4-16-24-9-15(27(16)10-12)13-6-14(19(20,21)22)18(23)26-8-13/h2-10H,1H3,(H2,23,26). The average Bonchev–Trinajstić information content (AvgIpc) is 3.11. The summed E-state index contributed by atoms with van der Waals surface area (Å²) in [5.74, 6) is -0.0733. The molecule has 0 aliphatic carbocycles. The number of anilines is 1. The molecule has 0 aromatic carbocycles. The number of nitrogens with zero attached hydrogens (tertiary/aromatic N) is 4. The summed E-state index contributed by atoms with van der Waals surface area (Å²) < 4.78 is 46.3. The number of nitrogens with two attached hydrogens (primary N) is 1. The van der Waals surface area contributed by atoms with Gasteiger partial charge in [-0.05, 0) is 24.3 Å². The van der Waals surface area contributed by atoms with Crippen molar-refractivity contribution in [1.29, 1.82) is 0 Å². The van der Waals surface area contributed by atoms with E-state index >= 15 is 0 Å². The maximum Gasteiger partial charge on any atom is 0.419 e. The molecule has 4 heterocycles. The summed E-state index contributed by atoms with van der Waals surface area (Å²) in [5, 5.41) is 0. The van der Waals surface area contributed by atoms with E-state index in [4.69, 9.17) is 10.5 Å². The molecule has 4 aromatic rings. The van der Waals surface area contributed by atoms with Crippen LogP contribution in [0.25, 0.3) is 28.0 Å². The van der Waals surface area contributed by atoms with Gasteiger partial charge in [-0.15, -0.1) is 0 Å². The first-order valence-corrected chi connectivity index (χ1v) is 8.17. The van der Waals surface area contributed by atoms with E-state index in [0.29, 0.717) is 17.2 Å². The van der Waals surface area contributed by atoms with Gasteiger partial charge in [-0.25, -0.2) is 15.0 Å². The highest BCUT2D eigenvalue weighted by atomic mass is 19.4. The fraction of sp³-hybridized carbons (Fsp3) is 0.105. The Morgan fingerprint density at radius 3 is 2.36 bits per heavy atom. The largest absolute Gasteiger partial charge is 0.481 e. The summed E-state index contributed by atoms with van der Waals surface area (Å²) in [5.41, 5.74) is 7.39. The molecule has 4 rings (SSSR count). The number of rotatable bonds is 3. The molecule has 28 heavy (non-hydrogen) atoms. The number of hydrogen-bond acceptors (Lipinski definition) is 5. The normalized spacial score (nSPS) is 11.7. The third-order valence-corrected chi connectivity index (χ3v) is 4.30. The van der Waals surface area contributed by atoms with Gasteiger partial charge in [0, 0.05) is 41.3 Å². The van der Waals surface area contributed by atoms with Gasteiger partial charge in [-0.2, -0.15) is 13.2 Å². The van der Waals surface area contributed by atoms with Crippen LogP contribution in [0, 0.1) is 0 Å². The van der Waals surface area contributed by atoms with Gasteiger partial charge in [-0.3, -0.25) is 4.40 Å². The number of pyridine rings is 3. The van der Waals surface area contributed by atoms with Gasteiger partial charge in [0.25, 0.3) is 0 Å². The molecular weight excluding hydrogens is 371 g/mol. The van der Waals surface area contributed by atoms with Crippen LogP contribution in [0.15, 0.2) is 55.1 Å². The Kier molecular flexibility index (Phi) is 4.14. The maximum atomic E-state index is 13.2. The summed E-state index contributed by atoms with van der Waals surface area (Å²) in [6.45, 7) is 0. The lowest BCUT2D eigenvalue weighted by Crippen LogP contribution is -2.10. The number of halogens is 3. The Balaban J connectivity index is 1.82. The first-order chi connectivity index (χ1) is 13.4. The highest BCUT2D eigenvalue weighted by Gasteiger charge is 2.34. The SMILES string of the molecule is COc1ccc(-c2ccc3ncc(-c4cnc(N)c(C(F)(F)F)c4)n3c2)cn1. The molecule has 0 atom stereocenters. The zero-order valence-electron chi connectivity index (χ0n) is 14.6. The van der Waals surface area contributed by atoms with Gasteiger partial charge in [0.15, 0.2) is 0 Å². The van der Waals surface area contributed by atoms with Crippen LogP contribution in [0.3, 0.4) is 0 Å². The van der Waals surface area contributed by atoms with Gasteiger partial charge in [0.2, 0.25) is 5.88 Å². The monoisotopic (exact) mass is 385 g/mol. The molecule has 4 aromatic heterocycles. The van der Waals surface area contributed by atoms with E-state index in [1.54, 1.807) is 28.9 Å². The predicted octanol–water partition coefficient (Wildman–Crippen LogP) is 4.07. The molecule has 0 aliphatic rings. The third kappa shape index (κ3) is 3.11. The highest BCUT2D eigenvalue weighted by Crippen LogP contribution is 2.35. The van der Waals surface area contributed by atoms with E-state index in [-0.39, 0.29) is 5.56 Å². The summed E-state index contributed by atoms with van der Waals surface area (Å²) >= 11 is 0. The van der Waals surface area contributed by atoms with Crippen molar-refractivity contribution in [1.82, 2.24) is 19.4 Å². The smallest absolute Gasteiger partial charge is 0.419 e. The molecule has 0 saturated carbocycles. The molecular formula is C19H14F3N5O. The molecule has 0 radical (unpaired) electrons. The van der Waals surface area contributed by atoms with Crippen molar-refractivity contribution in [2.45, 2.75) is 6.18 Å². The number of ether oxygens (including phenoxy) is 1. The van der Waals surface area contributed by atoms with E-state index in [2.05, 4.69) is 15.0 Å². The Labute approximate surface area is 157 Å². The van der Waals surface area contributed by atoms with Crippen LogP contribution < -0.4 is 10.5 Å². The summed E-state index contributed by atoms with van der Waals surface area (Å²) in [4.78, 5) is 12.1. The van der Waals surface area contributed by atoms with Crippen molar-refractivity contribution in [2.24, 2.45) is 0 Å². The molecule has 0 saturated heterocycles. The molecule has 0 spiro atoms. The molecule has 0 bridgehead atoms. The zero-order chi connectivity index (χ0) is 19.9. The third-order valence-electron chi connectivity index (χ3n) is 4.30. The van der Waals surface area contributed by atoms with E-state index in [0.717, 1.165) is 17.2 Å². The van der Waals surface area contributed by atoms with Gasteiger partial charge in [0.05, 0.1) is 24.6 Å². The number of aromatic nitrogens is 4. The Bertz CT molecular complexity index is 1150. The lowest BCUT2D eigenvalue weighted by molar-refractivity contribution is -0.137. The summed E-state index contributed by atoms with van der Waals surface area (Å²) in [7, 11) is 1.53. The van der Waals surface area contributed by atoms with E-state index in [1.165, 1.54) is 19.5 Å². The molecule has 9 heteroatoms. The predicted molar refractivity (Wildman–Crippen MR) is 97.6 cm³/mol. The van der Waals surface area contributed by atoms with Crippen molar-refractivity contribution in [3.63, 3.8) is 0 Å². The number of hydrogen-bond donors (Lipinski definition) is 1. The van der Waals surface area contributed by atoms with Crippen LogP contribution >= 0.6 is 0 Å². The lowest BCUT2D eigenvalue weighted by atomic mass is 10.1. The summed E-state index contributed by atoms with van der Waals surface area (Å²) in [6.07, 6.45) is 1.65. The molecule has 2 N–H and O–H groups in total. The minimum atomic E-state index is -4.59. The maximum absolute atomic E-state index is 13.2. The Morgan fingerprint density at radius 2 is 1.68 bits per heavy atom. The topological polar surface area (TPSA) is 78.3 Å². The number of imidazole rings is 1. The summed E-state index contributed by atoms with van der Waals surface area (Å²) in [6, 6.07) is 8.19. The van der Waals surface area contributed by atoms with E-state index in [9.17, 15) is 13.2 Å². The quantitative estimate of drug-likeness (QED) is 0.575. The Hall–Kier alpha value is -3.62. The second-order valence-electron chi connectivity index (χ2n) is 6.03. The van der Waals surface area contributed by atoms with Crippen LogP contribution in [0.2, 0.25) is 0 Å². The Morgan fingerprint density at radius 1 is 0.929 bits per heavy atom. The van der Waals surface area contributed by atoms with Gasteiger partial charge in [-0.1, -0.05) is 0 Å². The minimum absolute atomic E-state index is 0.263. The fourth-order valence-electron chi connectivity index (χ4n) is 2.88. The van der Waals surface area contributed by atoms with Crippen molar-refractivity contribution >= 4 is 11.5 Å². The van der Waals surface area contributed by atoms with Crippen molar-refractivity contribution < 1.29 is 17.9 Å². The lowest BCUT2D eigenvalue weighted by Gasteiger charge is -2.11. The van der Waals surface area contributed by atoms with Gasteiger partial charge >= 0.3 is 6.18 Å². The molecule has 0 aliphatic heterocycles. The molecule has 0 fully saturated rings. The zero-order valence-corrected chi connectivity index (χ0v) is 14.6. The second-order valence-corrected chi connectivity index (χ2v) is 6.03. The number of fused-ring (bicyclic) bond motifs is 1. The average molecular weight is 385 g/mol. The fourth-order valence-corrected chi connectivity index (χ4v) is 2.88.